The quantitative estimate of drug-likeness (QED) is 0.867. The molecule has 1 saturated heterocycles. The van der Waals surface area contributed by atoms with Gasteiger partial charge in [-0.3, -0.25) is 0 Å². The van der Waals surface area contributed by atoms with Gasteiger partial charge in [0.2, 0.25) is 5.95 Å². The Kier molecular flexibility index (Phi) is 5.77. The first-order valence-electron chi connectivity index (χ1n) is 7.98. The van der Waals surface area contributed by atoms with Crippen LogP contribution in [0.15, 0.2) is 12.4 Å². The van der Waals surface area contributed by atoms with Gasteiger partial charge in [-0.05, 0) is 18.8 Å². The third-order valence-electron chi connectivity index (χ3n) is 4.00. The zero-order valence-electron chi connectivity index (χ0n) is 13.1. The molecule has 112 valence electrons. The fraction of sp³-hybridized carbons (Fsp3) is 0.750. The van der Waals surface area contributed by atoms with Crippen LogP contribution in [-0.4, -0.2) is 29.1 Å². The zero-order chi connectivity index (χ0) is 14.4. The molecule has 0 unspecified atom stereocenters. The summed E-state index contributed by atoms with van der Waals surface area (Å²) in [6.07, 6.45) is 9.15. The minimum Gasteiger partial charge on any atom is -0.341 e. The number of hydrogen-bond donors (Lipinski definition) is 1. The molecule has 0 spiro atoms. The van der Waals surface area contributed by atoms with E-state index in [-0.39, 0.29) is 0 Å². The first-order chi connectivity index (χ1) is 9.69. The molecular formula is C16H28N4. The summed E-state index contributed by atoms with van der Waals surface area (Å²) in [5.74, 6) is 1.80. The summed E-state index contributed by atoms with van der Waals surface area (Å²) in [6, 6.07) is 0.493. The summed E-state index contributed by atoms with van der Waals surface area (Å²) >= 11 is 0. The van der Waals surface area contributed by atoms with Crippen LogP contribution in [0.4, 0.5) is 5.95 Å². The fourth-order valence-corrected chi connectivity index (χ4v) is 2.75. The molecule has 1 fully saturated rings. The number of hydrogen-bond acceptors (Lipinski definition) is 4. The van der Waals surface area contributed by atoms with E-state index in [1.165, 1.54) is 25.7 Å². The normalized spacial score (nSPS) is 16.9. The minimum atomic E-state index is 0.493. The Bertz CT molecular complexity index is 380. The summed E-state index contributed by atoms with van der Waals surface area (Å²) in [5.41, 5.74) is 1.16. The lowest BCUT2D eigenvalue weighted by atomic mass is 9.93. The molecule has 1 aliphatic rings. The third-order valence-corrected chi connectivity index (χ3v) is 4.00. The number of nitrogens with one attached hydrogen (secondary N) is 1. The van der Waals surface area contributed by atoms with Crippen molar-refractivity contribution in [2.75, 3.05) is 18.0 Å². The average Bonchev–Trinajstić information content (AvgIpc) is 2.47. The Morgan fingerprint density at radius 1 is 1.25 bits per heavy atom. The number of piperidine rings is 1. The molecule has 0 bridgehead atoms. The average molecular weight is 276 g/mol. The van der Waals surface area contributed by atoms with Gasteiger partial charge >= 0.3 is 0 Å². The molecule has 0 amide bonds. The maximum atomic E-state index is 4.53. The molecule has 20 heavy (non-hydrogen) atoms. The molecular weight excluding hydrogens is 248 g/mol. The zero-order valence-corrected chi connectivity index (χ0v) is 13.1. The first kappa shape index (κ1) is 15.2. The van der Waals surface area contributed by atoms with E-state index in [0.29, 0.717) is 6.04 Å². The van der Waals surface area contributed by atoms with Crippen molar-refractivity contribution in [3.63, 3.8) is 0 Å². The first-order valence-corrected chi connectivity index (χ1v) is 7.98. The predicted octanol–water partition coefficient (Wildman–Crippen LogP) is 2.99. The van der Waals surface area contributed by atoms with Crippen molar-refractivity contribution < 1.29 is 0 Å². The molecule has 4 heteroatoms. The lowest BCUT2D eigenvalue weighted by Gasteiger charge is -2.31. The van der Waals surface area contributed by atoms with E-state index in [2.05, 4.69) is 41.0 Å². The smallest absolute Gasteiger partial charge is 0.225 e. The van der Waals surface area contributed by atoms with Crippen molar-refractivity contribution in [1.29, 1.82) is 0 Å². The number of rotatable bonds is 6. The highest BCUT2D eigenvalue weighted by Gasteiger charge is 2.20. The van der Waals surface area contributed by atoms with Gasteiger partial charge < -0.3 is 10.2 Å². The van der Waals surface area contributed by atoms with Crippen LogP contribution < -0.4 is 10.2 Å². The summed E-state index contributed by atoms with van der Waals surface area (Å²) in [4.78, 5) is 11.4. The number of nitrogens with zero attached hydrogens (tertiary/aromatic N) is 3. The summed E-state index contributed by atoms with van der Waals surface area (Å²) in [5, 5.41) is 3.39. The van der Waals surface area contributed by atoms with E-state index in [0.717, 1.165) is 37.1 Å². The highest BCUT2D eigenvalue weighted by atomic mass is 15.2. The molecule has 0 aromatic carbocycles. The van der Waals surface area contributed by atoms with Crippen molar-refractivity contribution in [3.8, 4) is 0 Å². The number of anilines is 1. The van der Waals surface area contributed by atoms with E-state index in [9.17, 15) is 0 Å². The van der Waals surface area contributed by atoms with Crippen molar-refractivity contribution in [2.24, 2.45) is 5.92 Å². The Hall–Kier alpha value is -1.16. The molecule has 4 nitrogen and oxygen atoms in total. The van der Waals surface area contributed by atoms with Crippen LogP contribution >= 0.6 is 0 Å². The van der Waals surface area contributed by atoms with Crippen molar-refractivity contribution in [3.05, 3.63) is 18.0 Å². The van der Waals surface area contributed by atoms with E-state index in [4.69, 9.17) is 0 Å². The topological polar surface area (TPSA) is 41.1 Å². The minimum absolute atomic E-state index is 0.493. The van der Waals surface area contributed by atoms with Gasteiger partial charge in [-0.25, -0.2) is 9.97 Å². The molecule has 2 heterocycles. The van der Waals surface area contributed by atoms with E-state index < -0.39 is 0 Å². The van der Waals surface area contributed by atoms with Gasteiger partial charge in [0, 0.05) is 43.6 Å². The van der Waals surface area contributed by atoms with Crippen LogP contribution in [0.1, 0.15) is 52.0 Å². The molecule has 0 saturated carbocycles. The summed E-state index contributed by atoms with van der Waals surface area (Å²) in [6.45, 7) is 9.63. The molecule has 1 aromatic heterocycles. The Labute approximate surface area is 123 Å². The SMILES string of the molecule is CCCC1CCN(c2ncc(CNC(C)C)cn2)CC1. The second kappa shape index (κ2) is 7.58. The molecule has 1 aromatic rings. The Morgan fingerprint density at radius 3 is 2.45 bits per heavy atom. The standard InChI is InChI=1S/C16H28N4/c1-4-5-14-6-8-20(9-7-14)16-18-11-15(12-19-16)10-17-13(2)3/h11-14,17H,4-10H2,1-3H3. The molecule has 0 radical (unpaired) electrons. The second-order valence-corrected chi connectivity index (χ2v) is 6.15. The molecule has 1 aliphatic heterocycles. The predicted molar refractivity (Wildman–Crippen MR) is 83.9 cm³/mol. The van der Waals surface area contributed by atoms with E-state index in [1.807, 2.05) is 12.4 Å². The van der Waals surface area contributed by atoms with E-state index >= 15 is 0 Å². The van der Waals surface area contributed by atoms with Gasteiger partial charge in [-0.15, -0.1) is 0 Å². The monoisotopic (exact) mass is 276 g/mol. The van der Waals surface area contributed by atoms with Gasteiger partial charge in [-0.1, -0.05) is 33.6 Å². The maximum Gasteiger partial charge on any atom is 0.225 e. The molecule has 2 rings (SSSR count). The largest absolute Gasteiger partial charge is 0.341 e. The van der Waals surface area contributed by atoms with Gasteiger partial charge in [0.1, 0.15) is 0 Å². The van der Waals surface area contributed by atoms with Gasteiger partial charge in [-0.2, -0.15) is 0 Å². The van der Waals surface area contributed by atoms with Gasteiger partial charge in [0.05, 0.1) is 0 Å². The maximum absolute atomic E-state index is 4.53. The van der Waals surface area contributed by atoms with Crippen LogP contribution in [-0.2, 0) is 6.54 Å². The number of aromatic nitrogens is 2. The van der Waals surface area contributed by atoms with Crippen molar-refractivity contribution in [1.82, 2.24) is 15.3 Å². The fourth-order valence-electron chi connectivity index (χ4n) is 2.75. The van der Waals surface area contributed by atoms with Crippen LogP contribution in [0, 0.1) is 5.92 Å². The molecule has 0 aliphatic carbocycles. The van der Waals surface area contributed by atoms with Crippen LogP contribution in [0.5, 0.6) is 0 Å². The van der Waals surface area contributed by atoms with Gasteiger partial charge in [0.15, 0.2) is 0 Å². The molecule has 0 atom stereocenters. The summed E-state index contributed by atoms with van der Waals surface area (Å²) < 4.78 is 0. The Morgan fingerprint density at radius 2 is 1.90 bits per heavy atom. The van der Waals surface area contributed by atoms with Crippen molar-refractivity contribution >= 4 is 5.95 Å². The molecule has 1 N–H and O–H groups in total. The van der Waals surface area contributed by atoms with E-state index in [1.54, 1.807) is 0 Å². The lowest BCUT2D eigenvalue weighted by Crippen LogP contribution is -2.34. The van der Waals surface area contributed by atoms with Crippen LogP contribution in [0.25, 0.3) is 0 Å². The summed E-state index contributed by atoms with van der Waals surface area (Å²) in [7, 11) is 0. The van der Waals surface area contributed by atoms with Gasteiger partial charge in [0.25, 0.3) is 0 Å². The van der Waals surface area contributed by atoms with Crippen LogP contribution in [0.3, 0.4) is 0 Å². The highest BCUT2D eigenvalue weighted by Crippen LogP contribution is 2.23. The third kappa shape index (κ3) is 4.44. The van der Waals surface area contributed by atoms with Crippen molar-refractivity contribution in [2.45, 2.75) is 59.0 Å². The van der Waals surface area contributed by atoms with Crippen LogP contribution in [0.2, 0.25) is 0 Å². The highest BCUT2D eigenvalue weighted by molar-refractivity contribution is 5.30. The second-order valence-electron chi connectivity index (χ2n) is 6.15. The lowest BCUT2D eigenvalue weighted by molar-refractivity contribution is 0.376. The Balaban J connectivity index is 1.84.